The van der Waals surface area contributed by atoms with Gasteiger partial charge >= 0.3 is 11.9 Å². The van der Waals surface area contributed by atoms with Crippen molar-refractivity contribution in [3.8, 4) is 0 Å². The average molecular weight is 411 g/mol. The number of aliphatic carboxylic acids is 1. The van der Waals surface area contributed by atoms with Crippen LogP contribution in [0.4, 0.5) is 5.13 Å². The largest absolute Gasteiger partial charge is 0.476 e. The Morgan fingerprint density at radius 3 is 2.14 bits per heavy atom. The fourth-order valence-electron chi connectivity index (χ4n) is 2.49. The molecule has 3 rings (SSSR count). The van der Waals surface area contributed by atoms with Crippen LogP contribution in [0.3, 0.4) is 0 Å². The Morgan fingerprint density at radius 2 is 1.66 bits per heavy atom. The molecule has 2 aromatic carbocycles. The zero-order valence-corrected chi connectivity index (χ0v) is 15.9. The third-order valence-electron chi connectivity index (χ3n) is 3.76. The van der Waals surface area contributed by atoms with Crippen molar-refractivity contribution < 1.29 is 24.3 Å². The lowest BCUT2D eigenvalue weighted by Gasteiger charge is -2.18. The lowest BCUT2D eigenvalue weighted by Crippen LogP contribution is -2.19. The number of benzene rings is 2. The molecule has 3 aromatic rings. The van der Waals surface area contributed by atoms with Crippen LogP contribution >= 0.6 is 11.3 Å². The number of nitrogens with zero attached hydrogens (tertiary/aromatic N) is 2. The molecule has 0 saturated heterocycles. The summed E-state index contributed by atoms with van der Waals surface area (Å²) in [5, 5.41) is 14.4. The van der Waals surface area contributed by atoms with Gasteiger partial charge in [0.1, 0.15) is 5.69 Å². The summed E-state index contributed by atoms with van der Waals surface area (Å²) in [7, 11) is 0. The molecule has 0 radical (unpaired) electrons. The number of carbonyl (C=O) groups is 2. The zero-order chi connectivity index (χ0) is 20.6. The van der Waals surface area contributed by atoms with Crippen molar-refractivity contribution in [1.29, 1.82) is 0 Å². The van der Waals surface area contributed by atoms with E-state index in [-0.39, 0.29) is 10.8 Å². The first kappa shape index (κ1) is 20.0. The van der Waals surface area contributed by atoms with E-state index in [4.69, 9.17) is 15.3 Å². The molecular formula is C20H17N3O5S. The van der Waals surface area contributed by atoms with Gasteiger partial charge in [-0.2, -0.15) is 0 Å². The van der Waals surface area contributed by atoms with E-state index in [1.54, 1.807) is 0 Å². The van der Waals surface area contributed by atoms with Crippen molar-refractivity contribution in [2.24, 2.45) is 5.16 Å². The van der Waals surface area contributed by atoms with E-state index < -0.39 is 30.4 Å². The second-order valence-electron chi connectivity index (χ2n) is 5.78. The van der Waals surface area contributed by atoms with E-state index in [0.29, 0.717) is 0 Å². The van der Waals surface area contributed by atoms with Gasteiger partial charge in [0.15, 0.2) is 11.2 Å². The van der Waals surface area contributed by atoms with Gasteiger partial charge in [0.05, 0.1) is 0 Å². The van der Waals surface area contributed by atoms with Gasteiger partial charge in [-0.05, 0) is 11.1 Å². The van der Waals surface area contributed by atoms with Gasteiger partial charge in [-0.1, -0.05) is 65.8 Å². The van der Waals surface area contributed by atoms with Gasteiger partial charge in [0.25, 0.3) is 0 Å². The Hall–Kier alpha value is -3.72. The molecule has 1 heterocycles. The maximum absolute atomic E-state index is 12.3. The number of carboxylic acid groups (broad SMARTS) is 1. The van der Waals surface area contributed by atoms with Crippen LogP contribution in [-0.2, 0) is 19.2 Å². The number of oxime groups is 1. The van der Waals surface area contributed by atoms with Crippen molar-refractivity contribution in [2.45, 2.75) is 6.10 Å². The van der Waals surface area contributed by atoms with Gasteiger partial charge in [0, 0.05) is 5.38 Å². The zero-order valence-electron chi connectivity index (χ0n) is 15.1. The fraction of sp³-hybridized carbons (Fsp3) is 0.100. The average Bonchev–Trinajstić information content (AvgIpc) is 3.16. The smallest absolute Gasteiger partial charge is 0.360 e. The van der Waals surface area contributed by atoms with E-state index in [9.17, 15) is 14.7 Å². The van der Waals surface area contributed by atoms with Crippen molar-refractivity contribution in [2.75, 3.05) is 12.3 Å². The number of aromatic nitrogens is 1. The first-order valence-corrected chi connectivity index (χ1v) is 9.36. The van der Waals surface area contributed by atoms with Crippen LogP contribution in [-0.4, -0.2) is 34.3 Å². The minimum absolute atomic E-state index is 0.0554. The summed E-state index contributed by atoms with van der Waals surface area (Å²) in [6, 6.07) is 18.5. The molecule has 0 fully saturated rings. The molecule has 3 N–H and O–H groups in total. The first-order chi connectivity index (χ1) is 14.0. The van der Waals surface area contributed by atoms with Crippen LogP contribution in [0.25, 0.3) is 0 Å². The third kappa shape index (κ3) is 5.39. The van der Waals surface area contributed by atoms with Crippen LogP contribution in [0, 0.1) is 0 Å². The topological polar surface area (TPSA) is 124 Å². The fourth-order valence-corrected chi connectivity index (χ4v) is 3.04. The summed E-state index contributed by atoms with van der Waals surface area (Å²) in [5.74, 6) is -2.05. The molecule has 29 heavy (non-hydrogen) atoms. The Kier molecular flexibility index (Phi) is 6.54. The standard InChI is InChI=1S/C20H17N3O5S/c21-20-22-15(12-29-20)17(19(25)26)23-27-11-16(24)28-18(13-7-3-1-4-8-13)14-9-5-2-6-10-14/h1-10,12,18H,11H2,(H2,21,22)(H,25,26)/b23-17-. The number of carbonyl (C=O) groups excluding carboxylic acids is 1. The summed E-state index contributed by atoms with van der Waals surface area (Å²) < 4.78 is 5.56. The molecule has 0 atom stereocenters. The number of thiazole rings is 1. The normalized spacial score (nSPS) is 11.3. The molecule has 8 nitrogen and oxygen atoms in total. The van der Waals surface area contributed by atoms with Crippen LogP contribution in [0.15, 0.2) is 71.2 Å². The molecule has 0 spiro atoms. The van der Waals surface area contributed by atoms with Gasteiger partial charge in [0.2, 0.25) is 12.3 Å². The maximum atomic E-state index is 12.3. The second kappa shape index (κ2) is 9.47. The Bertz CT molecular complexity index is 966. The summed E-state index contributed by atoms with van der Waals surface area (Å²) in [6.07, 6.45) is -0.630. The number of hydrogen-bond acceptors (Lipinski definition) is 8. The SMILES string of the molecule is Nc1nc(/C(=N/OCC(=O)OC(c2ccccc2)c2ccccc2)C(=O)O)cs1. The highest BCUT2D eigenvalue weighted by Gasteiger charge is 2.20. The van der Waals surface area contributed by atoms with Gasteiger partial charge in [-0.25, -0.2) is 14.6 Å². The number of carboxylic acids is 1. The van der Waals surface area contributed by atoms with Crippen molar-refractivity contribution in [3.63, 3.8) is 0 Å². The number of rotatable bonds is 8. The molecular weight excluding hydrogens is 394 g/mol. The molecule has 0 aliphatic rings. The highest BCUT2D eigenvalue weighted by Crippen LogP contribution is 2.25. The number of hydrogen-bond donors (Lipinski definition) is 2. The summed E-state index contributed by atoms with van der Waals surface area (Å²) >= 11 is 1.07. The number of ether oxygens (including phenoxy) is 1. The minimum Gasteiger partial charge on any atom is -0.476 e. The summed E-state index contributed by atoms with van der Waals surface area (Å²) in [5.41, 5.74) is 6.69. The molecule has 0 aliphatic heterocycles. The quantitative estimate of drug-likeness (QED) is 0.332. The summed E-state index contributed by atoms with van der Waals surface area (Å²) in [6.45, 7) is -0.563. The highest BCUT2D eigenvalue weighted by atomic mass is 32.1. The van der Waals surface area contributed by atoms with Crippen molar-refractivity contribution in [3.05, 3.63) is 82.9 Å². The molecule has 9 heteroatoms. The molecule has 0 amide bonds. The number of nitrogen functional groups attached to an aromatic ring is 1. The monoisotopic (exact) mass is 411 g/mol. The predicted molar refractivity (Wildman–Crippen MR) is 107 cm³/mol. The minimum atomic E-state index is -1.35. The molecule has 0 aliphatic carbocycles. The van der Waals surface area contributed by atoms with E-state index in [1.807, 2.05) is 60.7 Å². The maximum Gasteiger partial charge on any atom is 0.360 e. The lowest BCUT2D eigenvalue weighted by atomic mass is 10.0. The predicted octanol–water partition coefficient (Wildman–Crippen LogP) is 2.86. The Morgan fingerprint density at radius 1 is 1.07 bits per heavy atom. The van der Waals surface area contributed by atoms with Crippen LogP contribution < -0.4 is 5.73 Å². The number of anilines is 1. The molecule has 0 saturated carbocycles. The van der Waals surface area contributed by atoms with E-state index >= 15 is 0 Å². The molecule has 1 aromatic heterocycles. The van der Waals surface area contributed by atoms with Gasteiger partial charge < -0.3 is 20.4 Å². The van der Waals surface area contributed by atoms with Gasteiger partial charge in [-0.15, -0.1) is 11.3 Å². The Labute approximate surface area is 170 Å². The highest BCUT2D eigenvalue weighted by molar-refractivity contribution is 7.13. The van der Waals surface area contributed by atoms with Gasteiger partial charge in [-0.3, -0.25) is 0 Å². The molecule has 0 unspecified atom stereocenters. The Balaban J connectivity index is 1.70. The van der Waals surface area contributed by atoms with E-state index in [0.717, 1.165) is 22.5 Å². The molecule has 148 valence electrons. The number of nitrogens with two attached hydrogens (primary N) is 1. The second-order valence-corrected chi connectivity index (χ2v) is 6.67. The third-order valence-corrected chi connectivity index (χ3v) is 4.43. The van der Waals surface area contributed by atoms with Crippen LogP contribution in [0.1, 0.15) is 22.9 Å². The van der Waals surface area contributed by atoms with Crippen molar-refractivity contribution in [1.82, 2.24) is 4.98 Å². The lowest BCUT2D eigenvalue weighted by molar-refractivity contribution is -0.153. The first-order valence-electron chi connectivity index (χ1n) is 8.48. The van der Waals surface area contributed by atoms with Crippen LogP contribution in [0.2, 0.25) is 0 Å². The number of esters is 1. The van der Waals surface area contributed by atoms with Crippen LogP contribution in [0.5, 0.6) is 0 Å². The van der Waals surface area contributed by atoms with E-state index in [2.05, 4.69) is 10.1 Å². The van der Waals surface area contributed by atoms with E-state index in [1.165, 1.54) is 5.38 Å². The molecule has 0 bridgehead atoms. The summed E-state index contributed by atoms with van der Waals surface area (Å²) in [4.78, 5) is 32.4. The van der Waals surface area contributed by atoms with Crippen molar-refractivity contribution >= 4 is 34.1 Å².